The predicted octanol–water partition coefficient (Wildman–Crippen LogP) is 3.94. The summed E-state index contributed by atoms with van der Waals surface area (Å²) in [5.41, 5.74) is 2.08. The van der Waals surface area contributed by atoms with E-state index in [2.05, 4.69) is 20.8 Å². The van der Waals surface area contributed by atoms with Crippen LogP contribution in [0.4, 0.5) is 0 Å². The van der Waals surface area contributed by atoms with Gasteiger partial charge in [0.05, 0.1) is 31.2 Å². The lowest BCUT2D eigenvalue weighted by Crippen LogP contribution is -2.54. The van der Waals surface area contributed by atoms with Crippen LogP contribution in [-0.2, 0) is 36.1 Å². The Hall–Kier alpha value is -4.52. The van der Waals surface area contributed by atoms with Crippen LogP contribution in [0, 0.1) is 12.8 Å². The number of amides is 2. The summed E-state index contributed by atoms with van der Waals surface area (Å²) >= 11 is 1.33. The van der Waals surface area contributed by atoms with Gasteiger partial charge >= 0.3 is 5.97 Å². The van der Waals surface area contributed by atoms with Crippen molar-refractivity contribution in [3.63, 3.8) is 0 Å². The second kappa shape index (κ2) is 17.8. The molecule has 3 aromatic rings. The zero-order valence-electron chi connectivity index (χ0n) is 26.4. The van der Waals surface area contributed by atoms with Gasteiger partial charge in [-0.05, 0) is 49.9 Å². The van der Waals surface area contributed by atoms with E-state index in [0.29, 0.717) is 41.3 Å². The van der Waals surface area contributed by atoms with E-state index in [1.807, 2.05) is 30.3 Å². The van der Waals surface area contributed by atoms with Crippen LogP contribution in [0.1, 0.15) is 57.0 Å². The molecule has 12 nitrogen and oxygen atoms in total. The van der Waals surface area contributed by atoms with Crippen LogP contribution in [0.15, 0.2) is 53.1 Å². The lowest BCUT2D eigenvalue weighted by molar-refractivity contribution is -0.140. The number of nitrogens with zero attached hydrogens (tertiary/aromatic N) is 2. The number of Topliss-reactive ketones (excluding diaryl/α,β-unsaturated/α-hetero) is 2. The molecule has 13 heteroatoms. The summed E-state index contributed by atoms with van der Waals surface area (Å²) in [5, 5.41) is 18.5. The second-order valence-corrected chi connectivity index (χ2v) is 12.2. The van der Waals surface area contributed by atoms with Gasteiger partial charge in [-0.1, -0.05) is 49.3 Å². The Morgan fingerprint density at radius 1 is 1.04 bits per heavy atom. The zero-order valence-corrected chi connectivity index (χ0v) is 27.2. The number of ketones is 2. The quantitative estimate of drug-likeness (QED) is 0.160. The molecule has 2 aromatic carbocycles. The largest absolute Gasteiger partial charge is 0.493 e. The fraction of sp³-hybridized carbons (Fsp3) is 0.424. The third kappa shape index (κ3) is 11.8. The molecule has 1 aromatic heterocycles. The lowest BCUT2D eigenvalue weighted by atomic mass is 10.0. The normalized spacial score (nSPS) is 12.3. The van der Waals surface area contributed by atoms with Crippen LogP contribution < -0.4 is 15.4 Å². The fourth-order valence-corrected chi connectivity index (χ4v) is 5.40. The van der Waals surface area contributed by atoms with Gasteiger partial charge in [-0.2, -0.15) is 4.98 Å². The van der Waals surface area contributed by atoms with E-state index in [9.17, 15) is 29.1 Å². The molecule has 2 atom stereocenters. The Morgan fingerprint density at radius 2 is 1.78 bits per heavy atom. The number of hydrogen-bond acceptors (Lipinski definition) is 10. The van der Waals surface area contributed by atoms with Crippen LogP contribution in [0.2, 0.25) is 0 Å². The molecule has 0 radical (unpaired) electrons. The number of carboxylic acids is 1. The number of rotatable bonds is 19. The number of benzene rings is 2. The van der Waals surface area contributed by atoms with Crippen LogP contribution in [0.25, 0.3) is 11.5 Å². The first-order valence-electron chi connectivity index (χ1n) is 14.9. The highest BCUT2D eigenvalue weighted by Crippen LogP contribution is 2.27. The molecule has 2 amide bonds. The number of thioether (sulfide) groups is 1. The van der Waals surface area contributed by atoms with Gasteiger partial charge in [0, 0.05) is 23.3 Å². The monoisotopic (exact) mass is 652 g/mol. The Bertz CT molecular complexity index is 1510. The number of carbonyl (C=O) groups excluding carboxylic acids is 4. The SMILES string of the molecule is CC(=O)CCCOc1ccc(-c2nc(C)no2)cc1CC(=O)NC(C(=O)NC(CC(=O)O)C(=O)CSCc1ccccc1)C(C)C. The molecule has 1 heterocycles. The molecular formula is C33H40N4O8S. The first-order chi connectivity index (χ1) is 21.9. The third-order valence-electron chi connectivity index (χ3n) is 6.82. The van der Waals surface area contributed by atoms with E-state index < -0.39 is 42.1 Å². The minimum Gasteiger partial charge on any atom is -0.493 e. The summed E-state index contributed by atoms with van der Waals surface area (Å²) in [6.45, 7) is 6.91. The molecule has 0 bridgehead atoms. The lowest BCUT2D eigenvalue weighted by Gasteiger charge is -2.25. The van der Waals surface area contributed by atoms with Crippen molar-refractivity contribution >= 4 is 41.1 Å². The number of hydrogen-bond donors (Lipinski definition) is 3. The van der Waals surface area contributed by atoms with Gasteiger partial charge in [-0.25, -0.2) is 0 Å². The van der Waals surface area contributed by atoms with E-state index in [0.717, 1.165) is 5.56 Å². The third-order valence-corrected chi connectivity index (χ3v) is 7.85. The van der Waals surface area contributed by atoms with Crippen molar-refractivity contribution in [2.24, 2.45) is 5.92 Å². The summed E-state index contributed by atoms with van der Waals surface area (Å²) in [6.07, 6.45) is 0.105. The van der Waals surface area contributed by atoms with Crippen LogP contribution in [-0.4, -0.2) is 69.0 Å². The Morgan fingerprint density at radius 3 is 2.41 bits per heavy atom. The molecule has 0 spiro atoms. The van der Waals surface area contributed by atoms with Crippen LogP contribution >= 0.6 is 11.8 Å². The molecule has 46 heavy (non-hydrogen) atoms. The molecule has 0 saturated heterocycles. The number of ether oxygens (including phenoxy) is 1. The second-order valence-electron chi connectivity index (χ2n) is 11.2. The van der Waals surface area contributed by atoms with Gasteiger partial charge < -0.3 is 29.8 Å². The first-order valence-corrected chi connectivity index (χ1v) is 16.1. The van der Waals surface area contributed by atoms with Gasteiger partial charge in [0.2, 0.25) is 11.8 Å². The van der Waals surface area contributed by atoms with E-state index in [4.69, 9.17) is 9.26 Å². The van der Waals surface area contributed by atoms with E-state index in [1.165, 1.54) is 18.7 Å². The van der Waals surface area contributed by atoms with Crippen molar-refractivity contribution in [3.05, 3.63) is 65.5 Å². The molecular weight excluding hydrogens is 612 g/mol. The maximum absolute atomic E-state index is 13.3. The van der Waals surface area contributed by atoms with Gasteiger partial charge in [0.1, 0.15) is 17.6 Å². The Labute approximate surface area is 272 Å². The van der Waals surface area contributed by atoms with Crippen molar-refractivity contribution in [1.82, 2.24) is 20.8 Å². The number of aryl methyl sites for hydroxylation is 1. The molecule has 0 saturated carbocycles. The minimum atomic E-state index is -1.25. The molecule has 0 fully saturated rings. The number of aromatic nitrogens is 2. The molecule has 246 valence electrons. The van der Waals surface area contributed by atoms with Gasteiger partial charge in [0.25, 0.3) is 5.89 Å². The maximum atomic E-state index is 13.3. The van der Waals surface area contributed by atoms with E-state index in [1.54, 1.807) is 39.0 Å². The van der Waals surface area contributed by atoms with Crippen molar-refractivity contribution in [3.8, 4) is 17.2 Å². The molecule has 3 rings (SSSR count). The molecule has 0 aliphatic heterocycles. The molecule has 2 unspecified atom stereocenters. The van der Waals surface area contributed by atoms with Crippen molar-refractivity contribution < 1.29 is 38.3 Å². The number of nitrogens with one attached hydrogen (secondary N) is 2. The van der Waals surface area contributed by atoms with Gasteiger partial charge in [0.15, 0.2) is 11.6 Å². The fourth-order valence-electron chi connectivity index (χ4n) is 4.47. The van der Waals surface area contributed by atoms with Crippen LogP contribution in [0.3, 0.4) is 0 Å². The molecule has 3 N–H and O–H groups in total. The minimum absolute atomic E-state index is 0.0108. The Balaban J connectivity index is 1.70. The summed E-state index contributed by atoms with van der Waals surface area (Å²) in [7, 11) is 0. The molecule has 0 aliphatic rings. The highest BCUT2D eigenvalue weighted by molar-refractivity contribution is 7.99. The maximum Gasteiger partial charge on any atom is 0.305 e. The summed E-state index contributed by atoms with van der Waals surface area (Å²) in [5.74, 6) is -1.46. The van der Waals surface area contributed by atoms with Crippen molar-refractivity contribution in [2.45, 2.75) is 71.2 Å². The predicted molar refractivity (Wildman–Crippen MR) is 172 cm³/mol. The van der Waals surface area contributed by atoms with Gasteiger partial charge in [-0.15, -0.1) is 11.8 Å². The zero-order chi connectivity index (χ0) is 33.6. The number of aliphatic carboxylic acids is 1. The average Bonchev–Trinajstić information content (AvgIpc) is 3.44. The number of carbonyl (C=O) groups is 5. The average molecular weight is 653 g/mol. The van der Waals surface area contributed by atoms with Gasteiger partial charge in [-0.3, -0.25) is 19.2 Å². The standard InChI is InChI=1S/C33H40N4O8S/c1-20(2)31(32(43)35-26(17-30(41)42)27(39)19-46-18-23-10-6-5-7-11-23)36-29(40)16-25-15-24(33-34-22(4)37-45-33)12-13-28(25)44-14-8-9-21(3)38/h5-7,10-13,15,20,26,31H,8-9,14,16-19H2,1-4H3,(H,35,43)(H,36,40)(H,41,42). The van der Waals surface area contributed by atoms with E-state index >= 15 is 0 Å². The van der Waals surface area contributed by atoms with E-state index in [-0.39, 0.29) is 36.4 Å². The first kappa shape index (κ1) is 36.0. The number of carboxylic acid groups (broad SMARTS) is 1. The summed E-state index contributed by atoms with van der Waals surface area (Å²) in [4.78, 5) is 66.7. The topological polar surface area (TPSA) is 178 Å². The highest BCUT2D eigenvalue weighted by Gasteiger charge is 2.30. The van der Waals surface area contributed by atoms with Crippen LogP contribution in [0.5, 0.6) is 5.75 Å². The van der Waals surface area contributed by atoms with Crippen molar-refractivity contribution in [1.29, 1.82) is 0 Å². The van der Waals surface area contributed by atoms with Crippen molar-refractivity contribution in [2.75, 3.05) is 12.4 Å². The molecule has 0 aliphatic carbocycles. The Kier molecular flexibility index (Phi) is 13.9. The smallest absolute Gasteiger partial charge is 0.305 e. The summed E-state index contributed by atoms with van der Waals surface area (Å²) < 4.78 is 11.2. The summed E-state index contributed by atoms with van der Waals surface area (Å²) in [6, 6.07) is 12.3. The highest BCUT2D eigenvalue weighted by atomic mass is 32.2.